The van der Waals surface area contributed by atoms with E-state index in [1.54, 1.807) is 18.7 Å². The molecule has 1 N–H and O–H groups in total. The summed E-state index contributed by atoms with van der Waals surface area (Å²) in [5.74, 6) is -0.596. The molecule has 1 unspecified atom stereocenters. The highest BCUT2D eigenvalue weighted by atomic mass is 19.3. The molecule has 1 aliphatic heterocycles. The Morgan fingerprint density at radius 1 is 1.25 bits per heavy atom. The molecule has 7 nitrogen and oxygen atoms in total. The summed E-state index contributed by atoms with van der Waals surface area (Å²) in [5, 5.41) is 8.62. The number of amides is 1. The fraction of sp³-hybridized carbons (Fsp3) is 0.462. The molecule has 4 rings (SSSR count). The van der Waals surface area contributed by atoms with Crippen LogP contribution in [0.1, 0.15) is 75.0 Å². The van der Waals surface area contributed by atoms with Crippen LogP contribution in [-0.2, 0) is 17.8 Å². The third kappa shape index (κ3) is 4.68. The lowest BCUT2D eigenvalue weighted by Crippen LogP contribution is -2.27. The summed E-state index contributed by atoms with van der Waals surface area (Å²) in [6, 6.07) is 5.03. The number of nitrogens with zero attached hydrogens (tertiary/aromatic N) is 4. The van der Waals surface area contributed by atoms with Crippen LogP contribution >= 0.6 is 0 Å². The molecule has 1 saturated heterocycles. The Labute approximate surface area is 207 Å². The average molecular weight is 502 g/mol. The second kappa shape index (κ2) is 10.3. The van der Waals surface area contributed by atoms with Crippen molar-refractivity contribution in [3.63, 3.8) is 0 Å². The number of carbonyl (C=O) groups excluding carboxylic acids is 1. The second-order valence-electron chi connectivity index (χ2n) is 9.11. The Morgan fingerprint density at radius 2 is 1.97 bits per heavy atom. The second-order valence-corrected chi connectivity index (χ2v) is 9.11. The van der Waals surface area contributed by atoms with Crippen LogP contribution < -0.4 is 10.9 Å². The maximum Gasteiger partial charge on any atom is 0.276 e. The van der Waals surface area contributed by atoms with Gasteiger partial charge in [-0.2, -0.15) is 5.10 Å². The summed E-state index contributed by atoms with van der Waals surface area (Å²) in [6.45, 7) is 8.40. The van der Waals surface area contributed by atoms with Gasteiger partial charge in [0.25, 0.3) is 12.0 Å². The number of likely N-dealkylation sites (tertiary alicyclic amines) is 1. The summed E-state index contributed by atoms with van der Waals surface area (Å²) in [7, 11) is 0. The van der Waals surface area contributed by atoms with Crippen molar-refractivity contribution in [2.45, 2.75) is 65.5 Å². The van der Waals surface area contributed by atoms with Gasteiger partial charge in [0.15, 0.2) is 5.82 Å². The third-order valence-electron chi connectivity index (χ3n) is 6.84. The molecule has 0 radical (unpaired) electrons. The summed E-state index contributed by atoms with van der Waals surface area (Å²) in [6.07, 6.45) is -1.66. The lowest BCUT2D eigenvalue weighted by Gasteiger charge is -2.21. The van der Waals surface area contributed by atoms with Gasteiger partial charge in [-0.3, -0.25) is 14.6 Å². The Bertz CT molecular complexity index is 1360. The average Bonchev–Trinajstić information content (AvgIpc) is 3.35. The standard InChI is InChI=1S/C26H30F3N5O2/c1-5-20-22-19(12-21(31-20)16-10-11-33(13-16)15(4)35)25(32-34(6-2)26(22)36)30-14(3)17-8-7-9-18(23(17)27)24(28)29/h7-9,12,14,16,24H,5-6,10-11,13H2,1-4H3,(H,30,32)/t14-,16?/m1/s1. The molecule has 1 fully saturated rings. The van der Waals surface area contributed by atoms with E-state index in [2.05, 4.69) is 10.4 Å². The van der Waals surface area contributed by atoms with Gasteiger partial charge in [-0.05, 0) is 32.8 Å². The Hall–Kier alpha value is -3.43. The van der Waals surface area contributed by atoms with Crippen molar-refractivity contribution in [2.75, 3.05) is 18.4 Å². The number of rotatable bonds is 7. The van der Waals surface area contributed by atoms with Crippen LogP contribution in [-0.4, -0.2) is 38.7 Å². The first-order valence-corrected chi connectivity index (χ1v) is 12.2. The Balaban J connectivity index is 1.83. The van der Waals surface area contributed by atoms with Gasteiger partial charge < -0.3 is 10.2 Å². The lowest BCUT2D eigenvalue weighted by molar-refractivity contribution is -0.127. The van der Waals surface area contributed by atoms with E-state index in [0.29, 0.717) is 48.3 Å². The molecule has 10 heteroatoms. The number of alkyl halides is 2. The minimum Gasteiger partial charge on any atom is -0.361 e. The summed E-state index contributed by atoms with van der Waals surface area (Å²) in [5.41, 5.74) is 0.535. The highest BCUT2D eigenvalue weighted by Crippen LogP contribution is 2.33. The number of pyridine rings is 1. The molecule has 1 aromatic carbocycles. The topological polar surface area (TPSA) is 80.1 Å². The number of nitrogens with one attached hydrogen (secondary N) is 1. The molecule has 192 valence electrons. The van der Waals surface area contributed by atoms with Crippen molar-refractivity contribution in [3.8, 4) is 0 Å². The van der Waals surface area contributed by atoms with Gasteiger partial charge in [-0.15, -0.1) is 0 Å². The normalized spacial score (nSPS) is 16.7. The number of halogens is 3. The number of aryl methyl sites for hydroxylation is 2. The summed E-state index contributed by atoms with van der Waals surface area (Å²) in [4.78, 5) is 31.7. The van der Waals surface area contributed by atoms with Gasteiger partial charge in [0, 0.05) is 49.1 Å². The largest absolute Gasteiger partial charge is 0.361 e. The molecular formula is C26H30F3N5O2. The van der Waals surface area contributed by atoms with Crippen LogP contribution in [0.4, 0.5) is 19.0 Å². The quantitative estimate of drug-likeness (QED) is 0.495. The molecule has 2 aromatic heterocycles. The Morgan fingerprint density at radius 3 is 2.58 bits per heavy atom. The number of anilines is 1. The van der Waals surface area contributed by atoms with E-state index in [0.717, 1.165) is 18.2 Å². The van der Waals surface area contributed by atoms with Gasteiger partial charge in [0.05, 0.1) is 22.7 Å². The third-order valence-corrected chi connectivity index (χ3v) is 6.84. The maximum atomic E-state index is 14.9. The lowest BCUT2D eigenvalue weighted by atomic mass is 9.99. The van der Waals surface area contributed by atoms with E-state index in [9.17, 15) is 22.8 Å². The van der Waals surface area contributed by atoms with Crippen LogP contribution in [0.15, 0.2) is 29.1 Å². The first-order valence-electron chi connectivity index (χ1n) is 12.2. The molecule has 3 aromatic rings. The number of hydrogen-bond donors (Lipinski definition) is 1. The molecule has 2 atom stereocenters. The van der Waals surface area contributed by atoms with Crippen molar-refractivity contribution in [2.24, 2.45) is 0 Å². The van der Waals surface area contributed by atoms with Gasteiger partial charge in [0.2, 0.25) is 5.91 Å². The first-order chi connectivity index (χ1) is 17.2. The zero-order chi connectivity index (χ0) is 26.1. The highest BCUT2D eigenvalue weighted by molar-refractivity contribution is 5.93. The zero-order valence-corrected chi connectivity index (χ0v) is 20.8. The number of hydrogen-bond acceptors (Lipinski definition) is 5. The maximum absolute atomic E-state index is 14.9. The smallest absolute Gasteiger partial charge is 0.276 e. The number of carbonyl (C=O) groups is 1. The number of aromatic nitrogens is 3. The van der Waals surface area contributed by atoms with Crippen molar-refractivity contribution < 1.29 is 18.0 Å². The first kappa shape index (κ1) is 25.7. The minimum atomic E-state index is -2.93. The zero-order valence-electron chi connectivity index (χ0n) is 20.8. The minimum absolute atomic E-state index is 0.00531. The molecule has 0 spiro atoms. The van der Waals surface area contributed by atoms with Gasteiger partial charge in [-0.25, -0.2) is 17.9 Å². The van der Waals surface area contributed by atoms with Crippen molar-refractivity contribution in [1.82, 2.24) is 19.7 Å². The van der Waals surface area contributed by atoms with Crippen LogP contribution in [0.2, 0.25) is 0 Å². The molecule has 1 amide bonds. The Kier molecular flexibility index (Phi) is 7.33. The van der Waals surface area contributed by atoms with E-state index in [-0.39, 0.29) is 22.9 Å². The molecular weight excluding hydrogens is 471 g/mol. The number of fused-ring (bicyclic) bond motifs is 1. The van der Waals surface area contributed by atoms with E-state index in [1.807, 2.05) is 13.0 Å². The molecule has 0 saturated carbocycles. The van der Waals surface area contributed by atoms with E-state index in [1.165, 1.54) is 23.7 Å². The number of benzene rings is 1. The van der Waals surface area contributed by atoms with Crippen LogP contribution in [0.3, 0.4) is 0 Å². The van der Waals surface area contributed by atoms with Gasteiger partial charge in [0.1, 0.15) is 5.82 Å². The fourth-order valence-electron chi connectivity index (χ4n) is 4.82. The predicted octanol–water partition coefficient (Wildman–Crippen LogP) is 4.96. The van der Waals surface area contributed by atoms with Crippen molar-refractivity contribution in [3.05, 3.63) is 63.0 Å². The molecule has 0 aliphatic carbocycles. The van der Waals surface area contributed by atoms with Gasteiger partial charge in [-0.1, -0.05) is 25.1 Å². The summed E-state index contributed by atoms with van der Waals surface area (Å²) < 4.78 is 42.7. The fourth-order valence-corrected chi connectivity index (χ4v) is 4.82. The SMILES string of the molecule is CCc1nc(C2CCN(C(C)=O)C2)cc2c(N[C@H](C)c3cccc(C(F)F)c3F)nn(CC)c(=O)c12. The van der Waals surface area contributed by atoms with Crippen LogP contribution in [0, 0.1) is 5.82 Å². The highest BCUT2D eigenvalue weighted by Gasteiger charge is 2.28. The molecule has 3 heterocycles. The summed E-state index contributed by atoms with van der Waals surface area (Å²) >= 11 is 0. The molecule has 0 bridgehead atoms. The van der Waals surface area contributed by atoms with E-state index >= 15 is 0 Å². The van der Waals surface area contributed by atoms with Crippen molar-refractivity contribution in [1.29, 1.82) is 0 Å². The van der Waals surface area contributed by atoms with Crippen LogP contribution in [0.25, 0.3) is 10.8 Å². The monoisotopic (exact) mass is 501 g/mol. The van der Waals surface area contributed by atoms with E-state index < -0.39 is 23.8 Å². The van der Waals surface area contributed by atoms with Crippen LogP contribution in [0.5, 0.6) is 0 Å². The van der Waals surface area contributed by atoms with Crippen molar-refractivity contribution >= 4 is 22.5 Å². The predicted molar refractivity (Wildman–Crippen MR) is 132 cm³/mol. The molecule has 36 heavy (non-hydrogen) atoms. The molecule has 1 aliphatic rings. The van der Waals surface area contributed by atoms with Gasteiger partial charge >= 0.3 is 0 Å². The van der Waals surface area contributed by atoms with E-state index in [4.69, 9.17) is 4.98 Å².